The van der Waals surface area contributed by atoms with E-state index in [-0.39, 0.29) is 11.5 Å². The molecule has 1 aromatic heterocycles. The molecule has 3 heteroatoms. The van der Waals surface area contributed by atoms with Crippen LogP contribution in [-0.2, 0) is 4.84 Å². The van der Waals surface area contributed by atoms with Crippen LogP contribution in [0.1, 0.15) is 30.7 Å². The number of benzene rings is 1. The number of rotatable bonds is 2. The van der Waals surface area contributed by atoms with Crippen molar-refractivity contribution >= 4 is 17.0 Å². The first-order chi connectivity index (χ1) is 10.2. The van der Waals surface area contributed by atoms with Crippen LogP contribution in [-0.4, -0.2) is 11.8 Å². The first kappa shape index (κ1) is 13.9. The fourth-order valence-corrected chi connectivity index (χ4v) is 3.00. The molecule has 1 unspecified atom stereocenters. The van der Waals surface area contributed by atoms with E-state index in [0.29, 0.717) is 6.42 Å². The number of nitrogens with zero attached hydrogens (tertiary/aromatic N) is 1. The minimum absolute atomic E-state index is 0.000156. The van der Waals surface area contributed by atoms with Crippen LogP contribution in [0.15, 0.2) is 53.0 Å². The van der Waals surface area contributed by atoms with Crippen molar-refractivity contribution in [3.05, 3.63) is 58.3 Å². The van der Waals surface area contributed by atoms with Crippen molar-refractivity contribution < 1.29 is 4.84 Å². The molecule has 0 radical (unpaired) electrons. The molecular weight excluding hydrogens is 278 g/mol. The second-order valence-corrected chi connectivity index (χ2v) is 6.55. The first-order valence-corrected chi connectivity index (χ1v) is 7.88. The second-order valence-electron chi connectivity index (χ2n) is 5.60. The monoisotopic (exact) mass is 295 g/mol. The Bertz CT molecular complexity index is 690. The summed E-state index contributed by atoms with van der Waals surface area (Å²) in [5.74, 6) is 6.40. The maximum atomic E-state index is 5.64. The Hall–Kier alpha value is -2.05. The largest absolute Gasteiger partial charge is 0.390 e. The third-order valence-electron chi connectivity index (χ3n) is 3.75. The van der Waals surface area contributed by atoms with Crippen molar-refractivity contribution in [1.82, 2.24) is 0 Å². The van der Waals surface area contributed by atoms with Gasteiger partial charge in [-0.25, -0.2) is 0 Å². The molecule has 2 aromatic rings. The molecule has 0 saturated carbocycles. The zero-order valence-electron chi connectivity index (χ0n) is 12.2. The lowest BCUT2D eigenvalue weighted by Gasteiger charge is -2.24. The van der Waals surface area contributed by atoms with Gasteiger partial charge < -0.3 is 4.84 Å². The predicted molar refractivity (Wildman–Crippen MR) is 87.4 cm³/mol. The van der Waals surface area contributed by atoms with Gasteiger partial charge in [0.2, 0.25) is 0 Å². The summed E-state index contributed by atoms with van der Waals surface area (Å²) in [6.07, 6.45) is 0.685. The van der Waals surface area contributed by atoms with Crippen LogP contribution in [0.5, 0.6) is 0 Å². The molecule has 0 bridgehead atoms. The van der Waals surface area contributed by atoms with E-state index in [0.717, 1.165) is 16.2 Å². The zero-order valence-corrected chi connectivity index (χ0v) is 13.0. The smallest absolute Gasteiger partial charge is 0.149 e. The zero-order chi connectivity index (χ0) is 14.7. The number of thiophene rings is 1. The van der Waals surface area contributed by atoms with Crippen molar-refractivity contribution in [2.24, 2.45) is 10.6 Å². The van der Waals surface area contributed by atoms with Gasteiger partial charge in [-0.15, -0.1) is 11.3 Å². The van der Waals surface area contributed by atoms with Crippen LogP contribution >= 0.6 is 11.3 Å². The van der Waals surface area contributed by atoms with Crippen molar-refractivity contribution in [2.45, 2.75) is 26.4 Å². The molecule has 0 spiro atoms. The summed E-state index contributed by atoms with van der Waals surface area (Å²) >= 11 is 1.66. The number of oxime groups is 1. The van der Waals surface area contributed by atoms with Crippen LogP contribution < -0.4 is 0 Å². The highest BCUT2D eigenvalue weighted by Crippen LogP contribution is 2.36. The van der Waals surface area contributed by atoms with Gasteiger partial charge in [0.05, 0.1) is 22.4 Å². The third-order valence-corrected chi connectivity index (χ3v) is 4.54. The number of hydrogen-bond donors (Lipinski definition) is 0. The molecule has 1 atom stereocenters. The van der Waals surface area contributed by atoms with Gasteiger partial charge in [0.25, 0.3) is 0 Å². The van der Waals surface area contributed by atoms with E-state index in [4.69, 9.17) is 4.84 Å². The van der Waals surface area contributed by atoms with Crippen LogP contribution in [0.3, 0.4) is 0 Å². The second kappa shape index (κ2) is 5.75. The molecule has 0 amide bonds. The fourth-order valence-electron chi connectivity index (χ4n) is 2.41. The molecule has 1 aromatic carbocycles. The molecule has 106 valence electrons. The van der Waals surface area contributed by atoms with Crippen molar-refractivity contribution in [2.75, 3.05) is 0 Å². The van der Waals surface area contributed by atoms with Crippen LogP contribution in [0.2, 0.25) is 0 Å². The van der Waals surface area contributed by atoms with Gasteiger partial charge in [-0.05, 0) is 17.0 Å². The quantitative estimate of drug-likeness (QED) is 0.756. The van der Waals surface area contributed by atoms with E-state index in [9.17, 15) is 0 Å². The van der Waals surface area contributed by atoms with Gasteiger partial charge in [-0.2, -0.15) is 0 Å². The average Bonchev–Trinajstić information content (AvgIpc) is 3.09. The Morgan fingerprint density at radius 2 is 2.00 bits per heavy atom. The Labute approximate surface area is 129 Å². The average molecular weight is 295 g/mol. The van der Waals surface area contributed by atoms with Crippen molar-refractivity contribution in [1.29, 1.82) is 0 Å². The SMILES string of the molecule is CC1(C)C(c2ccccc2)=NOC1CC#Cc1cccs1. The predicted octanol–water partition coefficient (Wildman–Crippen LogP) is 4.32. The Morgan fingerprint density at radius 3 is 2.71 bits per heavy atom. The maximum Gasteiger partial charge on any atom is 0.149 e. The van der Waals surface area contributed by atoms with E-state index in [1.54, 1.807) is 11.3 Å². The summed E-state index contributed by atoms with van der Waals surface area (Å²) in [7, 11) is 0. The van der Waals surface area contributed by atoms with E-state index in [1.165, 1.54) is 0 Å². The van der Waals surface area contributed by atoms with Crippen molar-refractivity contribution in [3.63, 3.8) is 0 Å². The summed E-state index contributed by atoms with van der Waals surface area (Å²) in [5.41, 5.74) is 1.99. The topological polar surface area (TPSA) is 21.6 Å². The molecule has 1 aliphatic rings. The molecule has 2 heterocycles. The molecule has 0 saturated heterocycles. The highest BCUT2D eigenvalue weighted by molar-refractivity contribution is 7.10. The molecule has 0 fully saturated rings. The maximum absolute atomic E-state index is 5.64. The molecule has 21 heavy (non-hydrogen) atoms. The molecule has 2 nitrogen and oxygen atoms in total. The van der Waals surface area contributed by atoms with Gasteiger partial charge in [-0.3, -0.25) is 0 Å². The lowest BCUT2D eigenvalue weighted by atomic mass is 9.78. The fraction of sp³-hybridized carbons (Fsp3) is 0.278. The normalized spacial score (nSPS) is 19.3. The lowest BCUT2D eigenvalue weighted by Crippen LogP contribution is -2.33. The molecular formula is C18H17NOS. The summed E-state index contributed by atoms with van der Waals surface area (Å²) in [6, 6.07) is 14.3. The van der Waals surface area contributed by atoms with Crippen LogP contribution in [0.4, 0.5) is 0 Å². The summed E-state index contributed by atoms with van der Waals surface area (Å²) < 4.78 is 0. The van der Waals surface area contributed by atoms with Gasteiger partial charge in [-0.1, -0.05) is 67.2 Å². The van der Waals surface area contributed by atoms with Gasteiger partial charge >= 0.3 is 0 Å². The molecule has 1 aliphatic heterocycles. The highest BCUT2D eigenvalue weighted by Gasteiger charge is 2.42. The van der Waals surface area contributed by atoms with Gasteiger partial charge in [0.1, 0.15) is 6.10 Å². The minimum atomic E-state index is -0.133. The molecule has 3 rings (SSSR count). The highest BCUT2D eigenvalue weighted by atomic mass is 32.1. The van der Waals surface area contributed by atoms with Crippen molar-refractivity contribution in [3.8, 4) is 11.8 Å². The third kappa shape index (κ3) is 2.86. The Balaban J connectivity index is 1.73. The standard InChI is InChI=1S/C18H17NOS/c1-18(2)16(12-6-10-15-11-7-13-21-15)20-19-17(18)14-8-4-3-5-9-14/h3-5,7-9,11,13,16H,12H2,1-2H3. The van der Waals surface area contributed by atoms with Gasteiger partial charge in [0.15, 0.2) is 0 Å². The molecule has 0 N–H and O–H groups in total. The number of hydrogen-bond acceptors (Lipinski definition) is 3. The van der Waals surface area contributed by atoms with Gasteiger partial charge in [0, 0.05) is 0 Å². The van der Waals surface area contributed by atoms with E-state index in [2.05, 4.69) is 43.0 Å². The lowest BCUT2D eigenvalue weighted by molar-refractivity contribution is 0.0407. The van der Waals surface area contributed by atoms with E-state index < -0.39 is 0 Å². The Morgan fingerprint density at radius 1 is 1.19 bits per heavy atom. The summed E-state index contributed by atoms with van der Waals surface area (Å²) in [5, 5.41) is 6.35. The van der Waals surface area contributed by atoms with E-state index in [1.807, 2.05) is 35.7 Å². The van der Waals surface area contributed by atoms with Crippen LogP contribution in [0.25, 0.3) is 0 Å². The summed E-state index contributed by atoms with van der Waals surface area (Å²) in [6.45, 7) is 4.34. The van der Waals surface area contributed by atoms with E-state index >= 15 is 0 Å². The minimum Gasteiger partial charge on any atom is -0.390 e. The first-order valence-electron chi connectivity index (χ1n) is 7.00. The summed E-state index contributed by atoms with van der Waals surface area (Å²) in [4.78, 5) is 6.74. The Kier molecular flexibility index (Phi) is 3.81. The molecule has 0 aliphatic carbocycles. The van der Waals surface area contributed by atoms with Crippen LogP contribution in [0, 0.1) is 17.3 Å².